The van der Waals surface area contributed by atoms with E-state index in [2.05, 4.69) is 20.3 Å². The molecule has 0 fully saturated rings. The lowest BCUT2D eigenvalue weighted by molar-refractivity contribution is -0.126. The minimum atomic E-state index is -1.16. The highest BCUT2D eigenvalue weighted by molar-refractivity contribution is 7.14. The Morgan fingerprint density at radius 1 is 1.00 bits per heavy atom. The third kappa shape index (κ3) is 4.96. The van der Waals surface area contributed by atoms with Gasteiger partial charge in [0.25, 0.3) is 0 Å². The van der Waals surface area contributed by atoms with Gasteiger partial charge in [-0.2, -0.15) is 0 Å². The number of Topliss-reactive ketones (excluding diaryl/α,β-unsaturated/α-hetero) is 2. The van der Waals surface area contributed by atoms with Crippen LogP contribution in [-0.4, -0.2) is 45.6 Å². The quantitative estimate of drug-likeness (QED) is 0.209. The predicted molar refractivity (Wildman–Crippen MR) is 194 cm³/mol. The van der Waals surface area contributed by atoms with E-state index in [1.54, 1.807) is 29.8 Å². The van der Waals surface area contributed by atoms with Crippen molar-refractivity contribution in [3.8, 4) is 22.4 Å². The molecule has 2 unspecified atom stereocenters. The molecule has 2 aliphatic carbocycles. The fourth-order valence-corrected chi connectivity index (χ4v) is 8.37. The van der Waals surface area contributed by atoms with E-state index in [1.165, 1.54) is 17.7 Å². The molecular weight excluding hydrogens is 703 g/mol. The van der Waals surface area contributed by atoms with E-state index in [0.29, 0.717) is 38.5 Å². The van der Waals surface area contributed by atoms with Gasteiger partial charge in [0.2, 0.25) is 5.91 Å². The molecule has 13 heteroatoms. The minimum absolute atomic E-state index is 0.0189. The SMILES string of the molecule is CC1C=c2c(ccc3c2=CC(=O)c2ccccc2-3)C(C)(N2CN(CC(=O)Nc3nc(-c4ccc(Cl)c(Cl)c4Cl)cs3)c3cncnc32)C1=O. The Bertz CT molecular complexity index is 2400. The van der Waals surface area contributed by atoms with Gasteiger partial charge in [-0.05, 0) is 52.3 Å². The number of thiazole rings is 1. The number of nitrogens with zero attached hydrogens (tertiary/aromatic N) is 5. The molecule has 0 saturated carbocycles. The van der Waals surface area contributed by atoms with Gasteiger partial charge in [-0.25, -0.2) is 15.0 Å². The average molecular weight is 728 g/mol. The van der Waals surface area contributed by atoms with Crippen molar-refractivity contribution in [1.82, 2.24) is 15.0 Å². The molecule has 1 amide bonds. The maximum Gasteiger partial charge on any atom is 0.245 e. The number of rotatable bonds is 5. The Kier molecular flexibility index (Phi) is 7.60. The zero-order valence-electron chi connectivity index (χ0n) is 26.0. The number of nitrogens with one attached hydrogen (secondary N) is 1. The highest BCUT2D eigenvalue weighted by Gasteiger charge is 2.50. The van der Waals surface area contributed by atoms with E-state index in [0.717, 1.165) is 27.1 Å². The van der Waals surface area contributed by atoms with E-state index in [9.17, 15) is 14.4 Å². The van der Waals surface area contributed by atoms with Crippen molar-refractivity contribution in [3.05, 3.63) is 103 Å². The van der Waals surface area contributed by atoms with Crippen molar-refractivity contribution in [1.29, 1.82) is 0 Å². The fourth-order valence-electron chi connectivity index (χ4n) is 7.01. The number of carbonyl (C=O) groups excluding carboxylic acids is 3. The number of carbonyl (C=O) groups is 3. The number of fused-ring (bicyclic) bond motifs is 6. The molecule has 244 valence electrons. The molecule has 3 heterocycles. The monoisotopic (exact) mass is 726 g/mol. The van der Waals surface area contributed by atoms with Gasteiger partial charge in [-0.3, -0.25) is 14.4 Å². The second kappa shape index (κ2) is 11.8. The van der Waals surface area contributed by atoms with Crippen LogP contribution >= 0.6 is 46.1 Å². The molecule has 0 saturated heterocycles. The molecule has 5 aromatic rings. The van der Waals surface area contributed by atoms with Crippen LogP contribution in [0.2, 0.25) is 15.1 Å². The lowest BCUT2D eigenvalue weighted by Crippen LogP contribution is -2.59. The van der Waals surface area contributed by atoms with Gasteiger partial charge >= 0.3 is 0 Å². The third-order valence-electron chi connectivity index (χ3n) is 9.40. The van der Waals surface area contributed by atoms with Gasteiger partial charge in [0.15, 0.2) is 22.5 Å². The molecular formula is C36H25Cl3N6O3S. The Balaban J connectivity index is 1.11. The average Bonchev–Trinajstić information content (AvgIpc) is 3.71. The first-order valence-electron chi connectivity index (χ1n) is 15.3. The normalized spacial score (nSPS) is 19.0. The van der Waals surface area contributed by atoms with Crippen LogP contribution in [0.25, 0.3) is 34.5 Å². The Morgan fingerprint density at radius 3 is 2.59 bits per heavy atom. The number of ketones is 2. The maximum atomic E-state index is 14.3. The summed E-state index contributed by atoms with van der Waals surface area (Å²) < 4.78 is 0. The highest BCUT2D eigenvalue weighted by Crippen LogP contribution is 2.44. The summed E-state index contributed by atoms with van der Waals surface area (Å²) in [4.78, 5) is 58.1. The highest BCUT2D eigenvalue weighted by atomic mass is 35.5. The van der Waals surface area contributed by atoms with Gasteiger partial charge in [0.05, 0.1) is 40.2 Å². The molecule has 0 radical (unpaired) electrons. The summed E-state index contributed by atoms with van der Waals surface area (Å²) >= 11 is 20.0. The van der Waals surface area contributed by atoms with Gasteiger partial charge in [0, 0.05) is 22.4 Å². The summed E-state index contributed by atoms with van der Waals surface area (Å²) in [5.74, 6) is -0.321. The number of hydrogen-bond donors (Lipinski definition) is 1. The van der Waals surface area contributed by atoms with E-state index >= 15 is 0 Å². The van der Waals surface area contributed by atoms with E-state index in [-0.39, 0.29) is 40.7 Å². The summed E-state index contributed by atoms with van der Waals surface area (Å²) in [5.41, 5.74) is 3.84. The summed E-state index contributed by atoms with van der Waals surface area (Å²) in [5, 5.41) is 7.53. The summed E-state index contributed by atoms with van der Waals surface area (Å²) in [6.45, 7) is 3.91. The van der Waals surface area contributed by atoms with Crippen LogP contribution in [0, 0.1) is 5.92 Å². The molecule has 0 bridgehead atoms. The second-order valence-electron chi connectivity index (χ2n) is 12.2. The molecule has 2 atom stereocenters. The number of benzene rings is 3. The van der Waals surface area contributed by atoms with Crippen LogP contribution in [0.1, 0.15) is 29.8 Å². The third-order valence-corrected chi connectivity index (χ3v) is 11.4. The number of aromatic nitrogens is 3. The lowest BCUT2D eigenvalue weighted by atomic mass is 9.73. The van der Waals surface area contributed by atoms with Crippen LogP contribution in [0.4, 0.5) is 16.6 Å². The maximum absolute atomic E-state index is 14.3. The van der Waals surface area contributed by atoms with Crippen molar-refractivity contribution in [3.63, 3.8) is 0 Å². The first-order chi connectivity index (χ1) is 23.6. The van der Waals surface area contributed by atoms with E-state index in [4.69, 9.17) is 34.8 Å². The largest absolute Gasteiger partial charge is 0.340 e. The minimum Gasteiger partial charge on any atom is -0.340 e. The zero-order chi connectivity index (χ0) is 34.2. The fraction of sp³-hybridized carbons (Fsp3) is 0.167. The smallest absolute Gasteiger partial charge is 0.245 e. The molecule has 3 aromatic carbocycles. The van der Waals surface area contributed by atoms with Crippen molar-refractivity contribution < 1.29 is 14.4 Å². The van der Waals surface area contributed by atoms with Gasteiger partial charge in [-0.15, -0.1) is 11.3 Å². The number of anilines is 3. The van der Waals surface area contributed by atoms with Crippen LogP contribution in [0.15, 0.2) is 66.4 Å². The molecule has 8 rings (SSSR count). The lowest BCUT2D eigenvalue weighted by Gasteiger charge is -2.42. The summed E-state index contributed by atoms with van der Waals surface area (Å²) in [7, 11) is 0. The molecule has 1 aliphatic heterocycles. The molecule has 2 aromatic heterocycles. The second-order valence-corrected chi connectivity index (χ2v) is 14.3. The number of halogens is 3. The molecule has 1 N–H and O–H groups in total. The van der Waals surface area contributed by atoms with Crippen LogP contribution in [0.3, 0.4) is 0 Å². The van der Waals surface area contributed by atoms with Crippen molar-refractivity contribution >= 4 is 92.4 Å². The van der Waals surface area contributed by atoms with Gasteiger partial charge in [-0.1, -0.05) is 84.2 Å². The molecule has 0 spiro atoms. The van der Waals surface area contributed by atoms with Crippen LogP contribution in [0.5, 0.6) is 0 Å². The van der Waals surface area contributed by atoms with Crippen molar-refractivity contribution in [2.75, 3.05) is 28.3 Å². The molecule has 3 aliphatic rings. The Labute approximate surface area is 299 Å². The zero-order valence-corrected chi connectivity index (χ0v) is 29.1. The molecule has 49 heavy (non-hydrogen) atoms. The number of hydrogen-bond acceptors (Lipinski definition) is 9. The van der Waals surface area contributed by atoms with Crippen LogP contribution in [-0.2, 0) is 15.1 Å². The van der Waals surface area contributed by atoms with Crippen molar-refractivity contribution in [2.45, 2.75) is 19.4 Å². The Morgan fingerprint density at radius 2 is 1.78 bits per heavy atom. The standard InChI is InChI=1S/C36H25Cl3N6O3S/c1-18-11-24-23-12-29(46)21-6-4-3-5-19(21)20(23)7-9-25(24)36(2,33(18)48)45-17-44(28-13-40-16-41-34(28)45)14-30(47)43-35-42-27(15-49-35)22-8-10-26(37)32(39)31(22)38/h3-13,15-16,18H,14,17H2,1-2H3,(H,42,43,47). The van der Waals surface area contributed by atoms with E-state index in [1.807, 2.05) is 66.1 Å². The predicted octanol–water partition coefficient (Wildman–Crippen LogP) is 6.34. The van der Waals surface area contributed by atoms with Gasteiger partial charge < -0.3 is 15.1 Å². The summed E-state index contributed by atoms with van der Waals surface area (Å²) in [6, 6.07) is 14.9. The number of amides is 1. The van der Waals surface area contributed by atoms with Crippen LogP contribution < -0.4 is 25.6 Å². The first-order valence-corrected chi connectivity index (χ1v) is 17.3. The van der Waals surface area contributed by atoms with Crippen molar-refractivity contribution in [2.24, 2.45) is 5.92 Å². The topological polar surface area (TPSA) is 108 Å². The van der Waals surface area contributed by atoms with Gasteiger partial charge in [0.1, 0.15) is 17.6 Å². The first kappa shape index (κ1) is 31.6. The van der Waals surface area contributed by atoms with E-state index < -0.39 is 11.5 Å². The summed E-state index contributed by atoms with van der Waals surface area (Å²) in [6.07, 6.45) is 6.70. The Hall–Kier alpha value is -4.61. The molecule has 9 nitrogen and oxygen atoms in total.